The lowest BCUT2D eigenvalue weighted by Gasteiger charge is -2.36. The molecule has 0 atom stereocenters. The summed E-state index contributed by atoms with van der Waals surface area (Å²) in [4.78, 5) is 23.6. The smallest absolute Gasteiger partial charge is 0.407 e. The number of rotatable bonds is 6. The largest absolute Gasteiger partial charge is 0.444 e. The zero-order chi connectivity index (χ0) is 18.4. The summed E-state index contributed by atoms with van der Waals surface area (Å²) in [5.41, 5.74) is 1.34. The summed E-state index contributed by atoms with van der Waals surface area (Å²) in [7, 11) is 0. The van der Waals surface area contributed by atoms with Crippen LogP contribution in [0.2, 0.25) is 0 Å². The van der Waals surface area contributed by atoms with Crippen molar-refractivity contribution in [2.45, 2.75) is 58.2 Å². The van der Waals surface area contributed by atoms with Gasteiger partial charge in [-0.25, -0.2) is 4.79 Å². The summed E-state index contributed by atoms with van der Waals surface area (Å²) in [6, 6.07) is 8.05. The van der Waals surface area contributed by atoms with E-state index in [0.29, 0.717) is 24.7 Å². The molecule has 0 unspecified atom stereocenters. The highest BCUT2D eigenvalue weighted by Gasteiger charge is 2.31. The molecule has 1 saturated carbocycles. The lowest BCUT2D eigenvalue weighted by Crippen LogP contribution is -2.54. The Bertz CT molecular complexity index is 587. The van der Waals surface area contributed by atoms with Gasteiger partial charge in [-0.3, -0.25) is 4.79 Å². The second-order valence-electron chi connectivity index (χ2n) is 7.59. The summed E-state index contributed by atoms with van der Waals surface area (Å²) in [5, 5.41) is 9.15. The van der Waals surface area contributed by atoms with Crippen LogP contribution in [-0.2, 0) is 4.74 Å². The third-order valence-electron chi connectivity index (χ3n) is 4.02. The topological polar surface area (TPSA) is 79.5 Å². The molecule has 2 rings (SSSR count). The van der Waals surface area contributed by atoms with Gasteiger partial charge in [-0.2, -0.15) is 0 Å². The Morgan fingerprint density at radius 2 is 1.72 bits per heavy atom. The van der Waals surface area contributed by atoms with Gasteiger partial charge in [-0.05, 0) is 52.7 Å². The van der Waals surface area contributed by atoms with Crippen LogP contribution >= 0.6 is 0 Å². The molecule has 0 radical (unpaired) electrons. The Morgan fingerprint density at radius 1 is 1.08 bits per heavy atom. The average molecular weight is 347 g/mol. The minimum Gasteiger partial charge on any atom is -0.444 e. The summed E-state index contributed by atoms with van der Waals surface area (Å²) in [5.74, 6) is -0.0557. The first-order valence-corrected chi connectivity index (χ1v) is 8.81. The third kappa shape index (κ3) is 6.74. The highest BCUT2D eigenvalue weighted by Crippen LogP contribution is 2.20. The molecule has 0 saturated heterocycles. The van der Waals surface area contributed by atoms with Crippen LogP contribution in [0, 0.1) is 6.92 Å². The molecule has 0 spiro atoms. The van der Waals surface area contributed by atoms with Crippen LogP contribution < -0.4 is 16.0 Å². The molecule has 0 heterocycles. The Hall–Kier alpha value is -2.08. The standard InChI is InChI=1S/C19H29N3O3/c1-13-5-7-14(8-6-13)17(23)21-10-9-20-15-11-16(12-15)22-18(24)25-19(2,3)4/h5-8,15-16,20H,9-12H2,1-4H3,(H,21,23)(H,22,24). The molecule has 0 aliphatic heterocycles. The molecular formula is C19H29N3O3. The van der Waals surface area contributed by atoms with E-state index in [1.807, 2.05) is 52.0 Å². The molecule has 25 heavy (non-hydrogen) atoms. The Kier molecular flexibility index (Phi) is 6.42. The third-order valence-corrected chi connectivity index (χ3v) is 4.02. The van der Waals surface area contributed by atoms with E-state index in [0.717, 1.165) is 18.4 Å². The molecule has 6 heteroatoms. The van der Waals surface area contributed by atoms with Crippen molar-refractivity contribution in [3.8, 4) is 0 Å². The van der Waals surface area contributed by atoms with Crippen LogP contribution in [0.25, 0.3) is 0 Å². The maximum atomic E-state index is 12.0. The van der Waals surface area contributed by atoms with E-state index in [9.17, 15) is 9.59 Å². The number of benzene rings is 1. The Labute approximate surface area is 149 Å². The fourth-order valence-corrected chi connectivity index (χ4v) is 2.64. The zero-order valence-corrected chi connectivity index (χ0v) is 15.5. The van der Waals surface area contributed by atoms with Gasteiger partial charge in [0.15, 0.2) is 0 Å². The van der Waals surface area contributed by atoms with E-state index in [2.05, 4.69) is 16.0 Å². The zero-order valence-electron chi connectivity index (χ0n) is 15.5. The lowest BCUT2D eigenvalue weighted by molar-refractivity contribution is 0.0465. The van der Waals surface area contributed by atoms with Crippen molar-refractivity contribution in [1.29, 1.82) is 0 Å². The van der Waals surface area contributed by atoms with Crippen molar-refractivity contribution in [1.82, 2.24) is 16.0 Å². The number of carbonyl (C=O) groups is 2. The monoisotopic (exact) mass is 347 g/mol. The normalized spacial score (nSPS) is 19.7. The summed E-state index contributed by atoms with van der Waals surface area (Å²) in [6.07, 6.45) is 1.40. The number of aryl methyl sites for hydroxylation is 1. The average Bonchev–Trinajstić information content (AvgIpc) is 2.47. The van der Waals surface area contributed by atoms with Gasteiger partial charge in [0.1, 0.15) is 5.60 Å². The number of carbonyl (C=O) groups excluding carboxylic acids is 2. The highest BCUT2D eigenvalue weighted by molar-refractivity contribution is 5.94. The van der Waals surface area contributed by atoms with Gasteiger partial charge in [0.2, 0.25) is 0 Å². The lowest BCUT2D eigenvalue weighted by atomic mass is 9.87. The Morgan fingerprint density at radius 3 is 2.32 bits per heavy atom. The Balaban J connectivity index is 1.55. The molecule has 6 nitrogen and oxygen atoms in total. The molecule has 0 bridgehead atoms. The molecular weight excluding hydrogens is 318 g/mol. The second-order valence-corrected chi connectivity index (χ2v) is 7.59. The van der Waals surface area contributed by atoms with E-state index in [-0.39, 0.29) is 18.0 Å². The van der Waals surface area contributed by atoms with Gasteiger partial charge < -0.3 is 20.7 Å². The molecule has 1 aromatic rings. The maximum Gasteiger partial charge on any atom is 0.407 e. The molecule has 1 aliphatic carbocycles. The van der Waals surface area contributed by atoms with Crippen LogP contribution in [0.15, 0.2) is 24.3 Å². The summed E-state index contributed by atoms with van der Waals surface area (Å²) in [6.45, 7) is 8.83. The molecule has 1 fully saturated rings. The molecule has 138 valence electrons. The number of hydrogen-bond donors (Lipinski definition) is 3. The van der Waals surface area contributed by atoms with Gasteiger partial charge in [0.25, 0.3) is 5.91 Å². The second kappa shape index (κ2) is 8.34. The minimum absolute atomic E-state index is 0.0557. The number of ether oxygens (including phenoxy) is 1. The van der Waals surface area contributed by atoms with E-state index >= 15 is 0 Å². The van der Waals surface area contributed by atoms with E-state index in [4.69, 9.17) is 4.74 Å². The predicted molar refractivity (Wildman–Crippen MR) is 97.7 cm³/mol. The van der Waals surface area contributed by atoms with Crippen LogP contribution in [0.4, 0.5) is 4.79 Å². The van der Waals surface area contributed by atoms with Gasteiger partial charge in [-0.15, -0.1) is 0 Å². The van der Waals surface area contributed by atoms with Crippen LogP contribution in [0.3, 0.4) is 0 Å². The summed E-state index contributed by atoms with van der Waals surface area (Å²) < 4.78 is 5.24. The van der Waals surface area contributed by atoms with E-state index in [1.165, 1.54) is 0 Å². The summed E-state index contributed by atoms with van der Waals surface area (Å²) >= 11 is 0. The van der Waals surface area contributed by atoms with E-state index < -0.39 is 5.60 Å². The quantitative estimate of drug-likeness (QED) is 0.690. The van der Waals surface area contributed by atoms with Gasteiger partial charge >= 0.3 is 6.09 Å². The maximum absolute atomic E-state index is 12.0. The molecule has 2 amide bonds. The van der Waals surface area contributed by atoms with Crippen molar-refractivity contribution in [3.63, 3.8) is 0 Å². The van der Waals surface area contributed by atoms with E-state index in [1.54, 1.807) is 0 Å². The van der Waals surface area contributed by atoms with Gasteiger partial charge in [-0.1, -0.05) is 17.7 Å². The van der Waals surface area contributed by atoms with Crippen LogP contribution in [0.5, 0.6) is 0 Å². The number of hydrogen-bond acceptors (Lipinski definition) is 4. The van der Waals surface area contributed by atoms with Crippen molar-refractivity contribution < 1.29 is 14.3 Å². The van der Waals surface area contributed by atoms with Crippen molar-refractivity contribution in [2.75, 3.05) is 13.1 Å². The number of amides is 2. The SMILES string of the molecule is Cc1ccc(C(=O)NCCNC2CC(NC(=O)OC(C)(C)C)C2)cc1. The molecule has 0 aromatic heterocycles. The van der Waals surface area contributed by atoms with Gasteiger partial charge in [0, 0.05) is 30.7 Å². The van der Waals surface area contributed by atoms with Crippen LogP contribution in [0.1, 0.15) is 49.5 Å². The molecule has 1 aliphatic rings. The van der Waals surface area contributed by atoms with Crippen molar-refractivity contribution >= 4 is 12.0 Å². The first-order valence-electron chi connectivity index (χ1n) is 8.81. The fourth-order valence-electron chi connectivity index (χ4n) is 2.64. The fraction of sp³-hybridized carbons (Fsp3) is 0.579. The highest BCUT2D eigenvalue weighted by atomic mass is 16.6. The van der Waals surface area contributed by atoms with Crippen molar-refractivity contribution in [3.05, 3.63) is 35.4 Å². The van der Waals surface area contributed by atoms with Crippen LogP contribution in [-0.4, -0.2) is 42.8 Å². The minimum atomic E-state index is -0.471. The first-order chi connectivity index (χ1) is 11.7. The molecule has 1 aromatic carbocycles. The van der Waals surface area contributed by atoms with Crippen molar-refractivity contribution in [2.24, 2.45) is 0 Å². The number of nitrogens with one attached hydrogen (secondary N) is 3. The van der Waals surface area contributed by atoms with Gasteiger partial charge in [0.05, 0.1) is 0 Å². The predicted octanol–water partition coefficient (Wildman–Crippen LogP) is 2.37. The first kappa shape index (κ1) is 19.2. The molecule has 3 N–H and O–H groups in total. The number of alkyl carbamates (subject to hydrolysis) is 1.